The molecule has 0 saturated heterocycles. The minimum atomic E-state index is 0.666. The average molecular weight is 372 g/mol. The van der Waals surface area contributed by atoms with Gasteiger partial charge in [0.05, 0.1) is 16.4 Å². The van der Waals surface area contributed by atoms with Crippen LogP contribution >= 0.6 is 23.2 Å². The van der Waals surface area contributed by atoms with Crippen molar-refractivity contribution in [2.45, 2.75) is 26.2 Å². The molecule has 25 heavy (non-hydrogen) atoms. The molecule has 1 aromatic heterocycles. The number of aryl methyl sites for hydroxylation is 1. The van der Waals surface area contributed by atoms with Gasteiger partial charge in [-0.15, -0.1) is 0 Å². The van der Waals surface area contributed by atoms with Crippen LogP contribution in [0.1, 0.15) is 24.0 Å². The number of nitrogens with one attached hydrogen (secondary N) is 1. The molecule has 0 atom stereocenters. The second kappa shape index (κ2) is 6.74. The summed E-state index contributed by atoms with van der Waals surface area (Å²) in [5, 5.41) is 9.81. The zero-order chi connectivity index (χ0) is 17.4. The molecule has 1 aliphatic rings. The molecular formula is C20H19Cl2N3. The predicted molar refractivity (Wildman–Crippen MR) is 105 cm³/mol. The Morgan fingerprint density at radius 2 is 1.84 bits per heavy atom. The summed E-state index contributed by atoms with van der Waals surface area (Å²) >= 11 is 12.7. The molecule has 2 heterocycles. The molecule has 0 aliphatic carbocycles. The Balaban J connectivity index is 1.93. The van der Waals surface area contributed by atoms with E-state index in [9.17, 15) is 0 Å². The maximum absolute atomic E-state index is 6.46. The Labute approximate surface area is 157 Å². The molecule has 3 aromatic rings. The van der Waals surface area contributed by atoms with Crippen molar-refractivity contribution in [3.05, 3.63) is 63.6 Å². The number of benzene rings is 2. The third kappa shape index (κ3) is 3.14. The fraction of sp³-hybridized carbons (Fsp3) is 0.250. The Morgan fingerprint density at radius 1 is 1.04 bits per heavy atom. The van der Waals surface area contributed by atoms with Crippen LogP contribution < -0.4 is 5.32 Å². The number of anilines is 1. The number of hydrogen-bond acceptors (Lipinski definition) is 2. The van der Waals surface area contributed by atoms with E-state index in [0.29, 0.717) is 10.0 Å². The van der Waals surface area contributed by atoms with Gasteiger partial charge in [-0.3, -0.25) is 0 Å². The van der Waals surface area contributed by atoms with E-state index in [1.165, 1.54) is 11.1 Å². The first-order chi connectivity index (χ1) is 12.1. The van der Waals surface area contributed by atoms with E-state index >= 15 is 0 Å². The highest BCUT2D eigenvalue weighted by Gasteiger charge is 2.23. The highest BCUT2D eigenvalue weighted by Crippen LogP contribution is 2.38. The minimum absolute atomic E-state index is 0.666. The lowest BCUT2D eigenvalue weighted by Gasteiger charge is -2.09. The van der Waals surface area contributed by atoms with Crippen molar-refractivity contribution in [1.29, 1.82) is 0 Å². The van der Waals surface area contributed by atoms with Gasteiger partial charge < -0.3 is 5.32 Å². The molecular weight excluding hydrogens is 353 g/mol. The monoisotopic (exact) mass is 371 g/mol. The summed E-state index contributed by atoms with van der Waals surface area (Å²) in [6, 6.07) is 13.9. The zero-order valence-electron chi connectivity index (χ0n) is 14.0. The summed E-state index contributed by atoms with van der Waals surface area (Å²) < 4.78 is 1.99. The van der Waals surface area contributed by atoms with Gasteiger partial charge in [0.15, 0.2) is 0 Å². The van der Waals surface area contributed by atoms with E-state index in [2.05, 4.69) is 36.5 Å². The molecule has 0 saturated carbocycles. The molecule has 0 bridgehead atoms. The van der Waals surface area contributed by atoms with E-state index in [1.54, 1.807) is 6.07 Å². The van der Waals surface area contributed by atoms with Crippen LogP contribution in [-0.2, 0) is 6.42 Å². The Morgan fingerprint density at radius 3 is 2.64 bits per heavy atom. The van der Waals surface area contributed by atoms with Crippen molar-refractivity contribution in [2.24, 2.45) is 0 Å². The molecule has 5 heteroatoms. The normalized spacial score (nSPS) is 13.9. The van der Waals surface area contributed by atoms with Crippen LogP contribution in [0.4, 0.5) is 5.82 Å². The Kier molecular flexibility index (Phi) is 4.45. The molecule has 4 rings (SSSR count). The predicted octanol–water partition coefficient (Wildman–Crippen LogP) is 5.90. The third-order valence-electron chi connectivity index (χ3n) is 4.59. The van der Waals surface area contributed by atoms with Crippen LogP contribution in [0, 0.1) is 6.92 Å². The zero-order valence-corrected chi connectivity index (χ0v) is 15.5. The van der Waals surface area contributed by atoms with Gasteiger partial charge in [-0.05, 0) is 56.5 Å². The van der Waals surface area contributed by atoms with Crippen molar-refractivity contribution in [1.82, 2.24) is 9.78 Å². The summed E-state index contributed by atoms with van der Waals surface area (Å²) in [6.07, 6.45) is 3.25. The summed E-state index contributed by atoms with van der Waals surface area (Å²) in [5.74, 6) is 1.06. The van der Waals surface area contributed by atoms with Gasteiger partial charge in [0.25, 0.3) is 0 Å². The lowest BCUT2D eigenvalue weighted by molar-refractivity contribution is 0.780. The number of hydrogen-bond donors (Lipinski definition) is 1. The lowest BCUT2D eigenvalue weighted by Crippen LogP contribution is -2.07. The van der Waals surface area contributed by atoms with Crippen LogP contribution in [0.3, 0.4) is 0 Å². The fourth-order valence-corrected chi connectivity index (χ4v) is 3.65. The standard InChI is InChI=1S/C20H19Cl2N3/c1-13-5-8-15(9-6-13)25-20-16(4-2-3-11-23-20)19(24-25)17-12-14(21)7-10-18(17)22/h5-10,12,23H,2-4,11H2,1H3. The van der Waals surface area contributed by atoms with Crippen molar-refractivity contribution in [3.63, 3.8) is 0 Å². The van der Waals surface area contributed by atoms with E-state index < -0.39 is 0 Å². The number of rotatable bonds is 2. The highest BCUT2D eigenvalue weighted by molar-refractivity contribution is 6.35. The van der Waals surface area contributed by atoms with Gasteiger partial charge in [-0.2, -0.15) is 5.10 Å². The van der Waals surface area contributed by atoms with Crippen LogP contribution in [0.25, 0.3) is 16.9 Å². The minimum Gasteiger partial charge on any atom is -0.370 e. The van der Waals surface area contributed by atoms with Crippen LogP contribution in [-0.4, -0.2) is 16.3 Å². The van der Waals surface area contributed by atoms with Crippen molar-refractivity contribution in [3.8, 4) is 16.9 Å². The molecule has 1 N–H and O–H groups in total. The SMILES string of the molecule is Cc1ccc(-n2nc(-c3cc(Cl)ccc3Cl)c3c2NCCCC3)cc1. The molecule has 0 amide bonds. The Bertz CT molecular complexity index is 913. The van der Waals surface area contributed by atoms with Gasteiger partial charge >= 0.3 is 0 Å². The molecule has 2 aromatic carbocycles. The molecule has 0 radical (unpaired) electrons. The summed E-state index contributed by atoms with van der Waals surface area (Å²) in [5.41, 5.74) is 5.29. The van der Waals surface area contributed by atoms with Crippen molar-refractivity contribution < 1.29 is 0 Å². The lowest BCUT2D eigenvalue weighted by atomic mass is 10.0. The molecule has 1 aliphatic heterocycles. The van der Waals surface area contributed by atoms with Gasteiger partial charge in [-0.25, -0.2) is 4.68 Å². The third-order valence-corrected chi connectivity index (χ3v) is 5.16. The van der Waals surface area contributed by atoms with Gasteiger partial charge in [-0.1, -0.05) is 40.9 Å². The second-order valence-corrected chi connectivity index (χ2v) is 7.27. The number of nitrogens with zero attached hydrogens (tertiary/aromatic N) is 2. The molecule has 128 valence electrons. The maximum Gasteiger partial charge on any atom is 0.133 e. The maximum atomic E-state index is 6.46. The van der Waals surface area contributed by atoms with Crippen LogP contribution in [0.5, 0.6) is 0 Å². The summed E-state index contributed by atoms with van der Waals surface area (Å²) in [4.78, 5) is 0. The van der Waals surface area contributed by atoms with Gasteiger partial charge in [0.2, 0.25) is 0 Å². The first kappa shape index (κ1) is 16.5. The van der Waals surface area contributed by atoms with E-state index in [-0.39, 0.29) is 0 Å². The molecule has 3 nitrogen and oxygen atoms in total. The number of aromatic nitrogens is 2. The van der Waals surface area contributed by atoms with Crippen LogP contribution in [0.15, 0.2) is 42.5 Å². The average Bonchev–Trinajstić information content (AvgIpc) is 2.79. The highest BCUT2D eigenvalue weighted by atomic mass is 35.5. The fourth-order valence-electron chi connectivity index (χ4n) is 3.27. The topological polar surface area (TPSA) is 29.9 Å². The first-order valence-corrected chi connectivity index (χ1v) is 9.27. The summed E-state index contributed by atoms with van der Waals surface area (Å²) in [7, 11) is 0. The summed E-state index contributed by atoms with van der Waals surface area (Å²) in [6.45, 7) is 3.04. The first-order valence-electron chi connectivity index (χ1n) is 8.52. The molecule has 0 spiro atoms. The molecule has 0 fully saturated rings. The number of halogens is 2. The number of fused-ring (bicyclic) bond motifs is 1. The van der Waals surface area contributed by atoms with Gasteiger partial charge in [0.1, 0.15) is 5.82 Å². The quantitative estimate of drug-likeness (QED) is 0.607. The molecule has 0 unspecified atom stereocenters. The van der Waals surface area contributed by atoms with E-state index in [0.717, 1.165) is 48.6 Å². The van der Waals surface area contributed by atoms with Crippen LogP contribution in [0.2, 0.25) is 10.0 Å². The Hall–Kier alpha value is -1.97. The smallest absolute Gasteiger partial charge is 0.133 e. The second-order valence-electron chi connectivity index (χ2n) is 6.43. The van der Waals surface area contributed by atoms with Crippen molar-refractivity contribution >= 4 is 29.0 Å². The van der Waals surface area contributed by atoms with E-state index in [1.807, 2.05) is 16.8 Å². The van der Waals surface area contributed by atoms with E-state index in [4.69, 9.17) is 28.3 Å². The van der Waals surface area contributed by atoms with Gasteiger partial charge in [0, 0.05) is 22.7 Å². The largest absolute Gasteiger partial charge is 0.370 e. The van der Waals surface area contributed by atoms with Crippen molar-refractivity contribution in [2.75, 3.05) is 11.9 Å².